The van der Waals surface area contributed by atoms with E-state index < -0.39 is 10.3 Å². The molecule has 0 aromatic heterocycles. The Morgan fingerprint density at radius 3 is 2.11 bits per heavy atom. The molecule has 0 amide bonds. The van der Waals surface area contributed by atoms with Crippen molar-refractivity contribution in [2.45, 2.75) is 13.3 Å². The van der Waals surface area contributed by atoms with Crippen LogP contribution in [-0.4, -0.2) is 19.5 Å². The third kappa shape index (κ3) is 12.7. The van der Waals surface area contributed by atoms with Gasteiger partial charge in [-0.1, -0.05) is 6.92 Å². The van der Waals surface area contributed by atoms with Crippen molar-refractivity contribution in [3.63, 3.8) is 0 Å². The maximum Gasteiger partial charge on any atom is 1.00 e. The molecule has 0 aliphatic rings. The zero-order valence-corrected chi connectivity index (χ0v) is 9.49. The molecule has 0 bridgehead atoms. The van der Waals surface area contributed by atoms with Gasteiger partial charge in [-0.2, -0.15) is 0 Å². The minimum Gasteiger partial charge on any atom is -0.735 e. The first-order valence-corrected chi connectivity index (χ1v) is 3.67. The third-order valence-electron chi connectivity index (χ3n) is 0.529. The van der Waals surface area contributed by atoms with Gasteiger partial charge in [-0.05, 0) is 6.42 Å². The van der Waals surface area contributed by atoms with E-state index in [0.717, 1.165) is 0 Å². The molecule has 0 heterocycles. The molecule has 0 atom stereocenters. The topological polar surface area (TPSA) is 69.2 Å². The number of nitrogens with one attached hydrogen (secondary N) is 1. The Morgan fingerprint density at radius 2 is 2.00 bits per heavy atom. The van der Waals surface area contributed by atoms with Crippen LogP contribution in [0.15, 0.2) is 0 Å². The average molecular weight is 177 g/mol. The number of hydrogen-bond donors (Lipinski definition) is 1. The van der Waals surface area contributed by atoms with Crippen LogP contribution in [0.4, 0.5) is 0 Å². The zero-order chi connectivity index (χ0) is 6.62. The van der Waals surface area contributed by atoms with Gasteiger partial charge in [0.15, 0.2) is 10.3 Å². The van der Waals surface area contributed by atoms with Crippen molar-refractivity contribution in [3.05, 3.63) is 0 Å². The fourth-order valence-corrected chi connectivity index (χ4v) is 0.681. The van der Waals surface area contributed by atoms with Crippen molar-refractivity contribution >= 4 is 10.3 Å². The monoisotopic (exact) mass is 177 g/mol. The van der Waals surface area contributed by atoms with Gasteiger partial charge >= 0.3 is 51.4 Å². The summed E-state index contributed by atoms with van der Waals surface area (Å²) in [6, 6.07) is 0. The largest absolute Gasteiger partial charge is 1.00 e. The van der Waals surface area contributed by atoms with Crippen LogP contribution in [0.2, 0.25) is 0 Å². The Hall–Kier alpha value is 1.51. The predicted molar refractivity (Wildman–Crippen MR) is 28.0 cm³/mol. The molecule has 0 radical (unpaired) electrons. The van der Waals surface area contributed by atoms with Crippen LogP contribution in [0.1, 0.15) is 13.3 Å². The van der Waals surface area contributed by atoms with Crippen LogP contribution >= 0.6 is 0 Å². The molecule has 0 rings (SSSR count). The quantitative estimate of drug-likeness (QED) is 0.358. The van der Waals surface area contributed by atoms with Crippen LogP contribution in [0.25, 0.3) is 0 Å². The molecule has 0 aliphatic carbocycles. The van der Waals surface area contributed by atoms with E-state index in [9.17, 15) is 13.0 Å². The Bertz CT molecular complexity index is 143. The maximum atomic E-state index is 9.72. The van der Waals surface area contributed by atoms with Gasteiger partial charge in [0.25, 0.3) is 0 Å². The molecule has 0 unspecified atom stereocenters. The van der Waals surface area contributed by atoms with Crippen molar-refractivity contribution in [3.8, 4) is 0 Å². The second-order valence-electron chi connectivity index (χ2n) is 1.35. The van der Waals surface area contributed by atoms with Crippen molar-refractivity contribution in [1.82, 2.24) is 4.72 Å². The number of rotatable bonds is 3. The zero-order valence-electron chi connectivity index (χ0n) is 5.55. The standard InChI is InChI=1S/C3H9NO3S.K/c1-2-3-4-8(5,6)7;/h4H,2-3H2,1H3,(H,5,6,7);/q;+1/p-1. The van der Waals surface area contributed by atoms with E-state index in [1.54, 1.807) is 11.6 Å². The van der Waals surface area contributed by atoms with E-state index >= 15 is 0 Å². The minimum absolute atomic E-state index is 0. The Kier molecular flexibility index (Phi) is 9.09. The molecule has 0 aliphatic heterocycles. The molecule has 0 aromatic carbocycles. The van der Waals surface area contributed by atoms with Gasteiger partial charge in [0.1, 0.15) is 0 Å². The summed E-state index contributed by atoms with van der Waals surface area (Å²) in [5.41, 5.74) is 0. The van der Waals surface area contributed by atoms with Gasteiger partial charge in [-0.25, -0.2) is 13.1 Å². The van der Waals surface area contributed by atoms with Crippen LogP contribution in [-0.2, 0) is 10.3 Å². The molecule has 50 valence electrons. The SMILES string of the molecule is CCCNS(=O)(=O)[O-].[K+]. The van der Waals surface area contributed by atoms with E-state index in [1.165, 1.54) is 0 Å². The molecule has 0 spiro atoms. The molecule has 0 saturated carbocycles. The van der Waals surface area contributed by atoms with E-state index in [2.05, 4.69) is 0 Å². The molecular formula is C3H8KNO3S. The summed E-state index contributed by atoms with van der Waals surface area (Å²) in [7, 11) is -4.19. The first kappa shape index (κ1) is 13.1. The van der Waals surface area contributed by atoms with Crippen LogP contribution in [0.5, 0.6) is 0 Å². The van der Waals surface area contributed by atoms with Crippen LogP contribution < -0.4 is 56.1 Å². The molecule has 9 heavy (non-hydrogen) atoms. The number of hydrogen-bond acceptors (Lipinski definition) is 3. The second-order valence-corrected chi connectivity index (χ2v) is 2.55. The Labute approximate surface area is 97.7 Å². The summed E-state index contributed by atoms with van der Waals surface area (Å²) in [6.45, 7) is 2.00. The maximum absolute atomic E-state index is 9.72. The van der Waals surface area contributed by atoms with Crippen molar-refractivity contribution in [2.75, 3.05) is 6.54 Å². The summed E-state index contributed by atoms with van der Waals surface area (Å²) < 4.78 is 31.0. The average Bonchev–Trinajstić information content (AvgIpc) is 1.59. The van der Waals surface area contributed by atoms with Crippen molar-refractivity contribution < 1.29 is 64.4 Å². The Balaban J connectivity index is 0. The van der Waals surface area contributed by atoms with Gasteiger partial charge in [0, 0.05) is 6.54 Å². The molecular weight excluding hydrogens is 169 g/mol. The molecule has 0 aromatic rings. The molecule has 0 saturated heterocycles. The smallest absolute Gasteiger partial charge is 0.735 e. The van der Waals surface area contributed by atoms with Gasteiger partial charge in [0.05, 0.1) is 0 Å². The summed E-state index contributed by atoms with van der Waals surface area (Å²) in [5, 5.41) is 0. The van der Waals surface area contributed by atoms with Gasteiger partial charge < -0.3 is 4.55 Å². The first-order valence-electron chi connectivity index (χ1n) is 2.26. The first-order chi connectivity index (χ1) is 3.56. The van der Waals surface area contributed by atoms with E-state index in [0.29, 0.717) is 6.42 Å². The minimum atomic E-state index is -4.19. The van der Waals surface area contributed by atoms with E-state index in [1.807, 2.05) is 0 Å². The second kappa shape index (κ2) is 6.23. The summed E-state index contributed by atoms with van der Waals surface area (Å²) in [4.78, 5) is 0. The summed E-state index contributed by atoms with van der Waals surface area (Å²) in [5.74, 6) is 0. The van der Waals surface area contributed by atoms with Crippen LogP contribution in [0.3, 0.4) is 0 Å². The van der Waals surface area contributed by atoms with Gasteiger partial charge in [0.2, 0.25) is 0 Å². The fraction of sp³-hybridized carbons (Fsp3) is 1.00. The molecule has 0 fully saturated rings. The molecule has 1 N–H and O–H groups in total. The summed E-state index contributed by atoms with van der Waals surface area (Å²) in [6.07, 6.45) is 0.640. The van der Waals surface area contributed by atoms with E-state index in [-0.39, 0.29) is 57.9 Å². The van der Waals surface area contributed by atoms with Gasteiger partial charge in [-0.15, -0.1) is 0 Å². The third-order valence-corrected chi connectivity index (χ3v) is 1.09. The Morgan fingerprint density at radius 1 is 1.56 bits per heavy atom. The van der Waals surface area contributed by atoms with Gasteiger partial charge in [-0.3, -0.25) is 0 Å². The normalized spacial score (nSPS) is 10.4. The predicted octanol–water partition coefficient (Wildman–Crippen LogP) is -3.55. The van der Waals surface area contributed by atoms with Crippen LogP contribution in [0, 0.1) is 0 Å². The fourth-order valence-electron chi connectivity index (χ4n) is 0.227. The van der Waals surface area contributed by atoms with E-state index in [4.69, 9.17) is 0 Å². The van der Waals surface area contributed by atoms with Crippen molar-refractivity contribution in [1.29, 1.82) is 0 Å². The summed E-state index contributed by atoms with van der Waals surface area (Å²) >= 11 is 0. The molecule has 6 heteroatoms. The molecule has 4 nitrogen and oxygen atoms in total. The van der Waals surface area contributed by atoms with Crippen molar-refractivity contribution in [2.24, 2.45) is 0 Å².